The highest BCUT2D eigenvalue weighted by Crippen LogP contribution is 2.25. The number of hydrogen-bond donors (Lipinski definition) is 3. The van der Waals surface area contributed by atoms with Crippen molar-refractivity contribution in [3.8, 4) is 0 Å². The number of benzene rings is 1. The first-order valence-electron chi connectivity index (χ1n) is 4.88. The van der Waals surface area contributed by atoms with Crippen molar-refractivity contribution >= 4 is 45.4 Å². The van der Waals surface area contributed by atoms with E-state index in [1.165, 1.54) is 17.4 Å². The molecule has 0 unspecified atom stereocenters. The van der Waals surface area contributed by atoms with Gasteiger partial charge in [0, 0.05) is 15.6 Å². The predicted octanol–water partition coefficient (Wildman–Crippen LogP) is 0.679. The molecule has 1 heterocycles. The summed E-state index contributed by atoms with van der Waals surface area (Å²) >= 11 is 1.24. The van der Waals surface area contributed by atoms with Crippen LogP contribution in [0.4, 0.5) is 0 Å². The third kappa shape index (κ3) is 2.39. The Kier molecular flexibility index (Phi) is 3.28. The van der Waals surface area contributed by atoms with Gasteiger partial charge in [0.15, 0.2) is 0 Å². The monoisotopic (exact) mass is 248 g/mol. The Bertz CT molecular complexity index is 588. The molecule has 4 nitrogen and oxygen atoms in total. The minimum atomic E-state index is -1.60. The highest BCUT2D eigenvalue weighted by Gasteiger charge is 2.20. The Hall–Kier alpha value is -1.63. The van der Waals surface area contributed by atoms with Crippen molar-refractivity contribution in [2.45, 2.75) is 0 Å². The van der Waals surface area contributed by atoms with Crippen molar-refractivity contribution in [2.75, 3.05) is 0 Å². The lowest BCUT2D eigenvalue weighted by Crippen LogP contribution is -2.28. The smallest absolute Gasteiger partial charge is 0.478 e. The fourth-order valence-electron chi connectivity index (χ4n) is 1.60. The minimum absolute atomic E-state index is 0.351. The first-order valence-corrected chi connectivity index (χ1v) is 5.70. The van der Waals surface area contributed by atoms with E-state index in [1.54, 1.807) is 0 Å². The second kappa shape index (κ2) is 4.71. The van der Waals surface area contributed by atoms with Crippen LogP contribution in [-0.2, 0) is 4.79 Å². The molecule has 0 aliphatic carbocycles. The Morgan fingerprint density at radius 1 is 1.29 bits per heavy atom. The third-order valence-electron chi connectivity index (χ3n) is 2.29. The van der Waals surface area contributed by atoms with Gasteiger partial charge in [-0.05, 0) is 23.1 Å². The molecule has 2 rings (SSSR count). The van der Waals surface area contributed by atoms with E-state index < -0.39 is 13.1 Å². The van der Waals surface area contributed by atoms with Crippen LogP contribution < -0.4 is 4.78 Å². The van der Waals surface area contributed by atoms with Gasteiger partial charge in [-0.1, -0.05) is 18.2 Å². The molecule has 86 valence electrons. The summed E-state index contributed by atoms with van der Waals surface area (Å²) in [4.78, 5) is 10.5. The van der Waals surface area contributed by atoms with E-state index in [4.69, 9.17) is 5.11 Å². The SMILES string of the molecule is O=C(O)/C=C/c1c(B(O)O)sc2ccccc12. The second-order valence-electron chi connectivity index (χ2n) is 3.42. The summed E-state index contributed by atoms with van der Waals surface area (Å²) in [5, 5.41) is 27.9. The van der Waals surface area contributed by atoms with Gasteiger partial charge in [0.2, 0.25) is 0 Å². The Labute approximate surface area is 102 Å². The fraction of sp³-hybridized carbons (Fsp3) is 0. The average molecular weight is 248 g/mol. The van der Waals surface area contributed by atoms with Crippen molar-refractivity contribution in [1.29, 1.82) is 0 Å². The highest BCUT2D eigenvalue weighted by atomic mass is 32.1. The topological polar surface area (TPSA) is 77.8 Å². The summed E-state index contributed by atoms with van der Waals surface area (Å²) in [7, 11) is -1.60. The number of carbonyl (C=O) groups is 1. The zero-order valence-corrected chi connectivity index (χ0v) is 9.52. The molecule has 2 aromatic rings. The van der Waals surface area contributed by atoms with Gasteiger partial charge in [-0.2, -0.15) is 0 Å². The number of fused-ring (bicyclic) bond motifs is 1. The van der Waals surface area contributed by atoms with Gasteiger partial charge in [-0.15, -0.1) is 11.3 Å². The molecule has 0 amide bonds. The number of carboxylic acid groups (broad SMARTS) is 1. The molecule has 0 aliphatic rings. The standard InChI is InChI=1S/C11H9BO4S/c13-10(14)6-5-8-7-3-1-2-4-9(7)17-11(8)12(15)16/h1-6,15-16H,(H,13,14)/b6-5+. The molecule has 1 aromatic carbocycles. The molecular weight excluding hydrogens is 239 g/mol. The second-order valence-corrected chi connectivity index (χ2v) is 4.51. The Morgan fingerprint density at radius 3 is 2.65 bits per heavy atom. The van der Waals surface area contributed by atoms with Crippen molar-refractivity contribution < 1.29 is 19.9 Å². The van der Waals surface area contributed by atoms with Crippen LogP contribution >= 0.6 is 11.3 Å². The Balaban J connectivity index is 2.63. The van der Waals surface area contributed by atoms with E-state index in [2.05, 4.69) is 0 Å². The van der Waals surface area contributed by atoms with Gasteiger partial charge in [0.05, 0.1) is 0 Å². The van der Waals surface area contributed by atoms with Gasteiger partial charge in [0.25, 0.3) is 0 Å². The first kappa shape index (κ1) is 11.8. The van der Waals surface area contributed by atoms with E-state index >= 15 is 0 Å². The summed E-state index contributed by atoms with van der Waals surface area (Å²) in [6, 6.07) is 7.33. The van der Waals surface area contributed by atoms with E-state index in [0.29, 0.717) is 10.3 Å². The molecule has 0 aliphatic heterocycles. The third-order valence-corrected chi connectivity index (χ3v) is 3.52. The number of thiophene rings is 1. The lowest BCUT2D eigenvalue weighted by atomic mass is 9.85. The van der Waals surface area contributed by atoms with E-state index in [9.17, 15) is 14.8 Å². The number of aliphatic carboxylic acids is 1. The van der Waals surface area contributed by atoms with Crippen molar-refractivity contribution in [3.63, 3.8) is 0 Å². The van der Waals surface area contributed by atoms with E-state index in [0.717, 1.165) is 16.2 Å². The fourth-order valence-corrected chi connectivity index (χ4v) is 2.67. The number of rotatable bonds is 3. The summed E-state index contributed by atoms with van der Waals surface area (Å²) < 4.78 is 1.24. The highest BCUT2D eigenvalue weighted by molar-refractivity contribution is 7.28. The summed E-state index contributed by atoms with van der Waals surface area (Å²) in [5.74, 6) is -1.07. The lowest BCUT2D eigenvalue weighted by Gasteiger charge is -1.97. The minimum Gasteiger partial charge on any atom is -0.478 e. The lowest BCUT2D eigenvalue weighted by molar-refractivity contribution is -0.131. The maximum Gasteiger partial charge on any atom is 0.499 e. The molecule has 3 N–H and O–H groups in total. The zero-order valence-electron chi connectivity index (χ0n) is 8.70. The normalized spacial score (nSPS) is 11.2. The molecule has 0 fully saturated rings. The summed E-state index contributed by atoms with van der Waals surface area (Å²) in [6.45, 7) is 0. The van der Waals surface area contributed by atoms with Crippen LogP contribution in [0.15, 0.2) is 30.3 Å². The molecule has 6 heteroatoms. The first-order chi connectivity index (χ1) is 8.09. The van der Waals surface area contributed by atoms with Crippen LogP contribution in [0.3, 0.4) is 0 Å². The predicted molar refractivity (Wildman–Crippen MR) is 68.3 cm³/mol. The molecule has 0 bridgehead atoms. The van der Waals surface area contributed by atoms with Crippen molar-refractivity contribution in [2.24, 2.45) is 0 Å². The maximum atomic E-state index is 10.5. The van der Waals surface area contributed by atoms with Crippen molar-refractivity contribution in [3.05, 3.63) is 35.9 Å². The van der Waals surface area contributed by atoms with E-state index in [1.807, 2.05) is 24.3 Å². The molecule has 17 heavy (non-hydrogen) atoms. The molecule has 0 atom stereocenters. The molecule has 0 saturated carbocycles. The van der Waals surface area contributed by atoms with Crippen molar-refractivity contribution in [1.82, 2.24) is 0 Å². The number of carboxylic acids is 1. The molecule has 1 aromatic heterocycles. The van der Waals surface area contributed by atoms with Crippen LogP contribution in [-0.4, -0.2) is 28.2 Å². The molecule has 0 radical (unpaired) electrons. The molecule has 0 saturated heterocycles. The molecule has 0 spiro atoms. The van der Waals surface area contributed by atoms with Gasteiger partial charge in [0.1, 0.15) is 0 Å². The van der Waals surface area contributed by atoms with Gasteiger partial charge < -0.3 is 15.2 Å². The number of hydrogen-bond acceptors (Lipinski definition) is 4. The van der Waals surface area contributed by atoms with Gasteiger partial charge in [-0.3, -0.25) is 0 Å². The van der Waals surface area contributed by atoms with Gasteiger partial charge >= 0.3 is 13.1 Å². The zero-order chi connectivity index (χ0) is 12.4. The van der Waals surface area contributed by atoms with E-state index in [-0.39, 0.29) is 0 Å². The van der Waals surface area contributed by atoms with Crippen LogP contribution in [0.2, 0.25) is 0 Å². The molecular formula is C11H9BO4S. The van der Waals surface area contributed by atoms with Crippen LogP contribution in [0, 0.1) is 0 Å². The quantitative estimate of drug-likeness (QED) is 0.551. The van der Waals surface area contributed by atoms with Crippen LogP contribution in [0.5, 0.6) is 0 Å². The largest absolute Gasteiger partial charge is 0.499 e. The Morgan fingerprint density at radius 2 is 2.00 bits per heavy atom. The average Bonchev–Trinajstić information content (AvgIpc) is 2.65. The van der Waals surface area contributed by atoms with Crippen LogP contribution in [0.25, 0.3) is 16.2 Å². The summed E-state index contributed by atoms with van der Waals surface area (Å²) in [5.41, 5.74) is 0.544. The summed E-state index contributed by atoms with van der Waals surface area (Å²) in [6.07, 6.45) is 2.37. The van der Waals surface area contributed by atoms with Gasteiger partial charge in [-0.25, -0.2) is 4.79 Å². The van der Waals surface area contributed by atoms with Crippen LogP contribution in [0.1, 0.15) is 5.56 Å². The maximum absolute atomic E-state index is 10.5.